The highest BCUT2D eigenvalue weighted by Gasteiger charge is 2.13. The topological polar surface area (TPSA) is 63.3 Å². The molecule has 0 aromatic rings. The predicted octanol–water partition coefficient (Wildman–Crippen LogP) is 0.540. The molecular weight excluding hydrogens is 150 g/mol. The Morgan fingerprint density at radius 2 is 2.20 bits per heavy atom. The summed E-state index contributed by atoms with van der Waals surface area (Å²) in [5.74, 6) is -0.773. The highest BCUT2D eigenvalue weighted by atomic mass is 32.2. The van der Waals surface area contributed by atoms with E-state index in [1.54, 1.807) is 6.92 Å². The van der Waals surface area contributed by atoms with E-state index in [2.05, 4.69) is 0 Å². The fourth-order valence-electron chi connectivity index (χ4n) is 0.462. The molecule has 0 aromatic carbocycles. The smallest absolute Gasteiger partial charge is 0.316 e. The van der Waals surface area contributed by atoms with Crippen LogP contribution in [0.1, 0.15) is 13.8 Å². The number of carboxylic acid groups (broad SMARTS) is 1. The van der Waals surface area contributed by atoms with Crippen molar-refractivity contribution in [3.8, 4) is 0 Å². The molecule has 0 radical (unpaired) electrons. The Balaban J connectivity index is 3.56. The lowest BCUT2D eigenvalue weighted by Crippen LogP contribution is -2.20. The molecular formula is C6H13NO2S. The van der Waals surface area contributed by atoms with Crippen LogP contribution in [0.5, 0.6) is 0 Å². The Kier molecular flexibility index (Phi) is 4.47. The standard InChI is InChI=1S/C6H13NO2S/c1-4(3-7)10-5(2)6(8)9/h4-5H,3,7H2,1-2H3,(H,8,9). The minimum atomic E-state index is -0.773. The van der Waals surface area contributed by atoms with E-state index in [1.807, 2.05) is 6.92 Å². The first-order chi connectivity index (χ1) is 4.57. The maximum Gasteiger partial charge on any atom is 0.316 e. The van der Waals surface area contributed by atoms with Crippen LogP contribution in [-0.4, -0.2) is 28.1 Å². The molecule has 0 aromatic heterocycles. The molecule has 10 heavy (non-hydrogen) atoms. The van der Waals surface area contributed by atoms with E-state index in [4.69, 9.17) is 10.8 Å². The third kappa shape index (κ3) is 3.74. The van der Waals surface area contributed by atoms with Crippen LogP contribution >= 0.6 is 11.8 Å². The maximum absolute atomic E-state index is 10.3. The fraction of sp³-hybridized carbons (Fsp3) is 0.833. The summed E-state index contributed by atoms with van der Waals surface area (Å²) < 4.78 is 0. The van der Waals surface area contributed by atoms with Gasteiger partial charge in [-0.15, -0.1) is 11.8 Å². The van der Waals surface area contributed by atoms with Gasteiger partial charge in [-0.05, 0) is 6.92 Å². The number of carbonyl (C=O) groups is 1. The number of carboxylic acids is 1. The molecule has 0 aliphatic carbocycles. The van der Waals surface area contributed by atoms with Gasteiger partial charge in [-0.2, -0.15) is 0 Å². The van der Waals surface area contributed by atoms with Gasteiger partial charge in [-0.25, -0.2) is 0 Å². The van der Waals surface area contributed by atoms with E-state index in [1.165, 1.54) is 11.8 Å². The Hall–Kier alpha value is -0.220. The first kappa shape index (κ1) is 9.78. The van der Waals surface area contributed by atoms with Crippen LogP contribution < -0.4 is 5.73 Å². The summed E-state index contributed by atoms with van der Waals surface area (Å²) in [6.07, 6.45) is 0. The number of hydrogen-bond donors (Lipinski definition) is 2. The van der Waals surface area contributed by atoms with Crippen LogP contribution in [-0.2, 0) is 4.79 Å². The van der Waals surface area contributed by atoms with E-state index in [-0.39, 0.29) is 10.5 Å². The second-order valence-electron chi connectivity index (χ2n) is 2.16. The van der Waals surface area contributed by atoms with E-state index >= 15 is 0 Å². The summed E-state index contributed by atoms with van der Waals surface area (Å²) in [5, 5.41) is 8.34. The summed E-state index contributed by atoms with van der Waals surface area (Å²) in [5.41, 5.74) is 5.31. The number of aliphatic carboxylic acids is 1. The lowest BCUT2D eigenvalue weighted by Gasteiger charge is -2.10. The zero-order valence-electron chi connectivity index (χ0n) is 6.20. The van der Waals surface area contributed by atoms with Crippen LogP contribution in [0.4, 0.5) is 0 Å². The molecule has 0 saturated carbocycles. The van der Waals surface area contributed by atoms with E-state index in [0.717, 1.165) is 0 Å². The molecule has 0 amide bonds. The number of nitrogens with two attached hydrogens (primary N) is 1. The van der Waals surface area contributed by atoms with Gasteiger partial charge in [-0.3, -0.25) is 4.79 Å². The quantitative estimate of drug-likeness (QED) is 0.635. The van der Waals surface area contributed by atoms with Gasteiger partial charge in [0.15, 0.2) is 0 Å². The molecule has 60 valence electrons. The Bertz CT molecular complexity index is 118. The molecule has 3 nitrogen and oxygen atoms in total. The second kappa shape index (κ2) is 4.57. The van der Waals surface area contributed by atoms with E-state index in [9.17, 15) is 4.79 Å². The Morgan fingerprint density at radius 3 is 2.50 bits per heavy atom. The van der Waals surface area contributed by atoms with E-state index < -0.39 is 5.97 Å². The van der Waals surface area contributed by atoms with Crippen molar-refractivity contribution in [1.82, 2.24) is 0 Å². The van der Waals surface area contributed by atoms with Crippen LogP contribution in [0.2, 0.25) is 0 Å². The number of thioether (sulfide) groups is 1. The lowest BCUT2D eigenvalue weighted by atomic mass is 10.5. The highest BCUT2D eigenvalue weighted by molar-refractivity contribution is 8.01. The summed E-state index contributed by atoms with van der Waals surface area (Å²) >= 11 is 1.38. The van der Waals surface area contributed by atoms with Gasteiger partial charge < -0.3 is 10.8 Å². The third-order valence-electron chi connectivity index (χ3n) is 1.12. The van der Waals surface area contributed by atoms with Crippen molar-refractivity contribution < 1.29 is 9.90 Å². The maximum atomic E-state index is 10.3. The van der Waals surface area contributed by atoms with Gasteiger partial charge in [-0.1, -0.05) is 6.92 Å². The average molecular weight is 163 g/mol. The van der Waals surface area contributed by atoms with E-state index in [0.29, 0.717) is 6.54 Å². The molecule has 0 heterocycles. The van der Waals surface area contributed by atoms with Crippen molar-refractivity contribution in [2.45, 2.75) is 24.3 Å². The summed E-state index contributed by atoms with van der Waals surface area (Å²) in [6, 6.07) is 0. The van der Waals surface area contributed by atoms with Crippen molar-refractivity contribution >= 4 is 17.7 Å². The van der Waals surface area contributed by atoms with Crippen molar-refractivity contribution in [3.05, 3.63) is 0 Å². The van der Waals surface area contributed by atoms with Gasteiger partial charge in [0.1, 0.15) is 0 Å². The van der Waals surface area contributed by atoms with Crippen LogP contribution in [0.25, 0.3) is 0 Å². The molecule has 2 unspecified atom stereocenters. The lowest BCUT2D eigenvalue weighted by molar-refractivity contribution is -0.136. The van der Waals surface area contributed by atoms with Gasteiger partial charge in [0.25, 0.3) is 0 Å². The molecule has 3 N–H and O–H groups in total. The molecule has 0 saturated heterocycles. The first-order valence-electron chi connectivity index (χ1n) is 3.16. The molecule has 0 bridgehead atoms. The Labute approximate surface area is 65.0 Å². The second-order valence-corrected chi connectivity index (χ2v) is 3.95. The molecule has 0 aliphatic rings. The largest absolute Gasteiger partial charge is 0.480 e. The molecule has 2 atom stereocenters. The summed E-state index contributed by atoms with van der Waals surface area (Å²) in [6.45, 7) is 4.12. The first-order valence-corrected chi connectivity index (χ1v) is 4.10. The van der Waals surface area contributed by atoms with Gasteiger partial charge in [0.05, 0.1) is 5.25 Å². The predicted molar refractivity (Wildman–Crippen MR) is 43.2 cm³/mol. The molecule has 0 rings (SSSR count). The summed E-state index contributed by atoms with van der Waals surface area (Å²) in [7, 11) is 0. The van der Waals surface area contributed by atoms with Crippen molar-refractivity contribution in [2.24, 2.45) is 5.73 Å². The molecule has 4 heteroatoms. The average Bonchev–Trinajstić information content (AvgIpc) is 1.87. The molecule has 0 fully saturated rings. The monoisotopic (exact) mass is 163 g/mol. The minimum Gasteiger partial charge on any atom is -0.480 e. The van der Waals surface area contributed by atoms with Crippen LogP contribution in [0.15, 0.2) is 0 Å². The van der Waals surface area contributed by atoms with Crippen molar-refractivity contribution in [1.29, 1.82) is 0 Å². The third-order valence-corrected chi connectivity index (χ3v) is 2.38. The summed E-state index contributed by atoms with van der Waals surface area (Å²) in [4.78, 5) is 10.3. The SMILES string of the molecule is CC(CN)SC(C)C(=O)O. The van der Waals surface area contributed by atoms with Gasteiger partial charge in [0, 0.05) is 11.8 Å². The molecule has 0 aliphatic heterocycles. The number of hydrogen-bond acceptors (Lipinski definition) is 3. The zero-order valence-corrected chi connectivity index (χ0v) is 7.02. The van der Waals surface area contributed by atoms with Crippen molar-refractivity contribution in [3.63, 3.8) is 0 Å². The molecule has 0 spiro atoms. The fourth-order valence-corrected chi connectivity index (χ4v) is 1.39. The Morgan fingerprint density at radius 1 is 1.70 bits per heavy atom. The number of rotatable bonds is 4. The normalized spacial score (nSPS) is 16.3. The van der Waals surface area contributed by atoms with Gasteiger partial charge >= 0.3 is 5.97 Å². The van der Waals surface area contributed by atoms with Crippen LogP contribution in [0, 0.1) is 0 Å². The van der Waals surface area contributed by atoms with Crippen LogP contribution in [0.3, 0.4) is 0 Å². The van der Waals surface area contributed by atoms with Crippen molar-refractivity contribution in [2.75, 3.05) is 6.54 Å². The van der Waals surface area contributed by atoms with Gasteiger partial charge in [0.2, 0.25) is 0 Å². The highest BCUT2D eigenvalue weighted by Crippen LogP contribution is 2.15. The zero-order chi connectivity index (χ0) is 8.15. The minimum absolute atomic E-state index is 0.228.